The van der Waals surface area contributed by atoms with Crippen LogP contribution in [0.3, 0.4) is 0 Å². The lowest BCUT2D eigenvalue weighted by Crippen LogP contribution is -2.54. The maximum atomic E-state index is 2.54. The molecule has 194 valence electrons. The molecule has 33 heavy (non-hydrogen) atoms. The Balaban J connectivity index is 1.93. The van der Waals surface area contributed by atoms with E-state index in [9.17, 15) is 0 Å². The summed E-state index contributed by atoms with van der Waals surface area (Å²) < 4.78 is 0. The van der Waals surface area contributed by atoms with Crippen LogP contribution in [0.4, 0.5) is 0 Å². The molecule has 0 unspecified atom stereocenters. The van der Waals surface area contributed by atoms with Gasteiger partial charge in [0.25, 0.3) is 0 Å². The molecule has 1 fully saturated rings. The first kappa shape index (κ1) is 30.5. The molecule has 1 aliphatic heterocycles. The van der Waals surface area contributed by atoms with Gasteiger partial charge >= 0.3 is 0 Å². The van der Waals surface area contributed by atoms with Crippen molar-refractivity contribution in [3.63, 3.8) is 0 Å². The number of hydrogen-bond acceptors (Lipinski definition) is 1. The van der Waals surface area contributed by atoms with E-state index < -0.39 is 0 Å². The van der Waals surface area contributed by atoms with Gasteiger partial charge in [0.1, 0.15) is 0 Å². The number of likely N-dealkylation sites (tertiary alicyclic amines) is 1. The lowest BCUT2D eigenvalue weighted by Gasteiger charge is -2.49. The van der Waals surface area contributed by atoms with Gasteiger partial charge in [-0.05, 0) is 57.4 Å². The van der Waals surface area contributed by atoms with Gasteiger partial charge in [0.2, 0.25) is 0 Å². The molecule has 1 heteroatoms. The monoisotopic (exact) mass is 459 g/mol. The summed E-state index contributed by atoms with van der Waals surface area (Å²) in [6.07, 6.45) is 40.4. The van der Waals surface area contributed by atoms with Crippen molar-refractivity contribution in [3.8, 4) is 0 Å². The summed E-state index contributed by atoms with van der Waals surface area (Å²) in [5.41, 5.74) is 0.687. The number of hydrogen-bond donors (Lipinski definition) is 0. The summed E-state index contributed by atoms with van der Waals surface area (Å²) in [6.45, 7) is 7.31. The third-order valence-electron chi connectivity index (χ3n) is 7.68. The van der Waals surface area contributed by atoms with Crippen molar-refractivity contribution in [2.45, 2.75) is 155 Å². The van der Waals surface area contributed by atoms with Gasteiger partial charge in [0.05, 0.1) is 0 Å². The van der Waals surface area contributed by atoms with Gasteiger partial charge in [-0.15, -0.1) is 0 Å². The van der Waals surface area contributed by atoms with E-state index in [0.29, 0.717) is 5.41 Å². The van der Waals surface area contributed by atoms with Crippen LogP contribution in [-0.2, 0) is 0 Å². The average Bonchev–Trinajstić information content (AvgIpc) is 2.79. The molecule has 0 bridgehead atoms. The Morgan fingerprint density at radius 1 is 0.515 bits per heavy atom. The minimum atomic E-state index is 0.687. The van der Waals surface area contributed by atoms with Crippen LogP contribution in [0.15, 0.2) is 24.3 Å². The van der Waals surface area contributed by atoms with E-state index in [2.05, 4.69) is 50.1 Å². The smallest absolute Gasteiger partial charge is 0.00474 e. The van der Waals surface area contributed by atoms with Gasteiger partial charge < -0.3 is 4.90 Å². The van der Waals surface area contributed by atoms with Crippen molar-refractivity contribution in [1.29, 1.82) is 0 Å². The first-order valence-electron chi connectivity index (χ1n) is 15.2. The summed E-state index contributed by atoms with van der Waals surface area (Å²) in [7, 11) is 2.31. The zero-order valence-electron chi connectivity index (χ0n) is 23.2. The van der Waals surface area contributed by atoms with Crippen LogP contribution in [0.1, 0.15) is 155 Å². The number of nitrogens with zero attached hydrogens (tertiary/aromatic N) is 1. The Hall–Kier alpha value is -0.560. The summed E-state index contributed by atoms with van der Waals surface area (Å²) >= 11 is 0. The predicted molar refractivity (Wildman–Crippen MR) is 151 cm³/mol. The van der Waals surface area contributed by atoms with Gasteiger partial charge in [-0.3, -0.25) is 0 Å². The van der Waals surface area contributed by atoms with Crippen LogP contribution >= 0.6 is 0 Å². The van der Waals surface area contributed by atoms with E-state index in [0.717, 1.165) is 6.42 Å². The second kappa shape index (κ2) is 21.9. The van der Waals surface area contributed by atoms with Crippen LogP contribution in [0.2, 0.25) is 0 Å². The first-order chi connectivity index (χ1) is 16.2. The molecule has 1 rings (SSSR count). The summed E-state index contributed by atoms with van der Waals surface area (Å²) in [5, 5.41) is 0. The van der Waals surface area contributed by atoms with Gasteiger partial charge in [-0.1, -0.05) is 134 Å². The van der Waals surface area contributed by atoms with Gasteiger partial charge in [0.15, 0.2) is 0 Å². The Labute approximate surface area is 209 Å². The fourth-order valence-electron chi connectivity index (χ4n) is 5.66. The second-order valence-electron chi connectivity index (χ2n) is 11.2. The molecule has 0 aliphatic carbocycles. The zero-order chi connectivity index (χ0) is 23.9. The quantitative estimate of drug-likeness (QED) is 0.102. The molecule has 1 heterocycles. The van der Waals surface area contributed by atoms with Crippen molar-refractivity contribution in [2.75, 3.05) is 20.1 Å². The Morgan fingerprint density at radius 3 is 1.39 bits per heavy atom. The molecule has 0 N–H and O–H groups in total. The molecular weight excluding hydrogens is 398 g/mol. The summed E-state index contributed by atoms with van der Waals surface area (Å²) in [4.78, 5) is 2.54. The Kier molecular flexibility index (Phi) is 20.3. The molecular formula is C32H61N. The highest BCUT2D eigenvalue weighted by molar-refractivity contribution is 4.93. The van der Waals surface area contributed by atoms with Crippen molar-refractivity contribution in [3.05, 3.63) is 24.3 Å². The van der Waals surface area contributed by atoms with Gasteiger partial charge in [-0.2, -0.15) is 0 Å². The molecule has 0 saturated carbocycles. The molecule has 0 spiro atoms. The van der Waals surface area contributed by atoms with Crippen molar-refractivity contribution < 1.29 is 0 Å². The van der Waals surface area contributed by atoms with E-state index in [4.69, 9.17) is 0 Å². The number of rotatable bonds is 24. The van der Waals surface area contributed by atoms with Crippen LogP contribution < -0.4 is 0 Å². The average molecular weight is 460 g/mol. The first-order valence-corrected chi connectivity index (χ1v) is 15.2. The summed E-state index contributed by atoms with van der Waals surface area (Å²) in [5.74, 6) is 0. The van der Waals surface area contributed by atoms with Crippen molar-refractivity contribution in [2.24, 2.45) is 5.41 Å². The SMILES string of the molecule is CCCCC/C=C\C/C=C\CCCCCCCCC1(CCCCCCCCCC)CN(C)C1. The third kappa shape index (κ3) is 17.5. The molecule has 0 amide bonds. The predicted octanol–water partition coefficient (Wildman–Crippen LogP) is 10.7. The molecule has 0 aromatic rings. The van der Waals surface area contributed by atoms with Crippen LogP contribution in [0, 0.1) is 5.41 Å². The lowest BCUT2D eigenvalue weighted by atomic mass is 9.72. The Bertz CT molecular complexity index is 457. The fourth-order valence-corrected chi connectivity index (χ4v) is 5.66. The van der Waals surface area contributed by atoms with Crippen molar-refractivity contribution >= 4 is 0 Å². The normalized spacial score (nSPS) is 16.2. The molecule has 0 radical (unpaired) electrons. The third-order valence-corrected chi connectivity index (χ3v) is 7.68. The molecule has 0 aromatic heterocycles. The molecule has 1 nitrogen and oxygen atoms in total. The highest BCUT2D eigenvalue weighted by Gasteiger charge is 2.39. The molecule has 1 aliphatic rings. The van der Waals surface area contributed by atoms with Crippen LogP contribution in [-0.4, -0.2) is 25.0 Å². The lowest BCUT2D eigenvalue weighted by molar-refractivity contribution is 0.00256. The number of allylic oxidation sites excluding steroid dienone is 4. The van der Waals surface area contributed by atoms with E-state index in [-0.39, 0.29) is 0 Å². The Morgan fingerprint density at radius 2 is 0.909 bits per heavy atom. The van der Waals surface area contributed by atoms with Crippen LogP contribution in [0.5, 0.6) is 0 Å². The van der Waals surface area contributed by atoms with E-state index >= 15 is 0 Å². The van der Waals surface area contributed by atoms with E-state index in [1.807, 2.05) is 0 Å². The molecule has 1 saturated heterocycles. The van der Waals surface area contributed by atoms with Crippen LogP contribution in [0.25, 0.3) is 0 Å². The maximum absolute atomic E-state index is 2.54. The minimum Gasteiger partial charge on any atom is -0.305 e. The maximum Gasteiger partial charge on any atom is 0.00474 e. The molecule has 0 aromatic carbocycles. The standard InChI is InChI=1S/C32H61N/c1-4-6-8-10-12-14-15-16-17-18-19-20-21-23-25-27-29-32(30-33(3)31-32)28-26-24-22-13-11-9-7-5-2/h12,14,16-17H,4-11,13,15,18-31H2,1-3H3/b14-12-,17-16-. The van der Waals surface area contributed by atoms with E-state index in [1.54, 1.807) is 0 Å². The highest BCUT2D eigenvalue weighted by atomic mass is 15.2. The number of unbranched alkanes of at least 4 members (excludes halogenated alkanes) is 16. The van der Waals surface area contributed by atoms with Gasteiger partial charge in [0, 0.05) is 13.1 Å². The van der Waals surface area contributed by atoms with E-state index in [1.165, 1.54) is 148 Å². The van der Waals surface area contributed by atoms with Crippen molar-refractivity contribution in [1.82, 2.24) is 4.90 Å². The second-order valence-corrected chi connectivity index (χ2v) is 11.2. The molecule has 0 atom stereocenters. The topological polar surface area (TPSA) is 3.24 Å². The highest BCUT2D eigenvalue weighted by Crippen LogP contribution is 2.39. The zero-order valence-corrected chi connectivity index (χ0v) is 23.2. The minimum absolute atomic E-state index is 0.687. The largest absolute Gasteiger partial charge is 0.305 e. The fraction of sp³-hybridized carbons (Fsp3) is 0.875. The van der Waals surface area contributed by atoms with Gasteiger partial charge in [-0.25, -0.2) is 0 Å². The summed E-state index contributed by atoms with van der Waals surface area (Å²) in [6, 6.07) is 0.